The maximum Gasteiger partial charge on any atom is 0 e. The molecule has 0 nitrogen and oxygen atoms in total. The van der Waals surface area contributed by atoms with Crippen molar-refractivity contribution in [3.63, 3.8) is 0 Å². The molecule has 0 amide bonds. The second-order valence-electron chi connectivity index (χ2n) is 0. The molecule has 0 spiro atoms. The van der Waals surface area contributed by atoms with Gasteiger partial charge >= 0.3 is 0 Å². The fourth-order valence-corrected chi connectivity index (χ4v) is 0. The average Bonchev–Trinajstić information content (AvgIpc) is 0. The van der Waals surface area contributed by atoms with Crippen molar-refractivity contribution in [2.24, 2.45) is 0 Å². The standard InChI is InChI=1S/Ca.Li.Mg.Si. The summed E-state index contributed by atoms with van der Waals surface area (Å²) >= 11 is 0. The molecule has 0 N–H and O–H groups in total. The maximum absolute atomic E-state index is 0. The van der Waals surface area contributed by atoms with E-state index in [1.165, 1.54) is 0 Å². The number of hydrogen-bond donors (Lipinski definition) is 0. The van der Waals surface area contributed by atoms with Crippen LogP contribution in [0.5, 0.6) is 0 Å². The van der Waals surface area contributed by atoms with E-state index in [-0.39, 0.29) is 90.6 Å². The van der Waals surface area contributed by atoms with Gasteiger partial charge in [0.15, 0.2) is 0 Å². The van der Waals surface area contributed by atoms with E-state index in [1.807, 2.05) is 0 Å². The second-order valence-corrected chi connectivity index (χ2v) is 0. The van der Waals surface area contributed by atoms with Gasteiger partial charge in [-0.2, -0.15) is 0 Å². The maximum atomic E-state index is 0. The van der Waals surface area contributed by atoms with Gasteiger partial charge in [-0.25, -0.2) is 0 Å². The molecule has 0 aromatic heterocycles. The Kier molecular flexibility index (Phi) is 123. The van der Waals surface area contributed by atoms with Crippen molar-refractivity contribution in [2.75, 3.05) is 0 Å². The van der Waals surface area contributed by atoms with Gasteiger partial charge < -0.3 is 0 Å². The summed E-state index contributed by atoms with van der Waals surface area (Å²) in [6.45, 7) is 0. The quantitative estimate of drug-likeness (QED) is 0.324. The van der Waals surface area contributed by atoms with Crippen LogP contribution in [0.25, 0.3) is 0 Å². The predicted molar refractivity (Wildman–Crippen MR) is 23.0 cm³/mol. The first-order valence-corrected chi connectivity index (χ1v) is 0. The summed E-state index contributed by atoms with van der Waals surface area (Å²) in [5.74, 6) is 0. The Bertz CT molecular complexity index is 8.00. The molecule has 9 radical (unpaired) electrons. The van der Waals surface area contributed by atoms with Crippen LogP contribution in [0.4, 0.5) is 0 Å². The molecule has 0 unspecified atom stereocenters. The van der Waals surface area contributed by atoms with Gasteiger partial charge in [0.1, 0.15) is 0 Å². The van der Waals surface area contributed by atoms with Crippen LogP contribution < -0.4 is 0 Å². The van der Waals surface area contributed by atoms with Crippen LogP contribution in [-0.2, 0) is 0 Å². The molecule has 4 heteroatoms. The molecule has 0 fully saturated rings. The molecule has 0 saturated heterocycles. The molecule has 9 valence electrons. The van der Waals surface area contributed by atoms with Crippen molar-refractivity contribution in [3.8, 4) is 0 Å². The summed E-state index contributed by atoms with van der Waals surface area (Å²) in [7, 11) is 0. The summed E-state index contributed by atoms with van der Waals surface area (Å²) in [6.07, 6.45) is 0. The molecule has 0 saturated carbocycles. The molecule has 4 heavy (non-hydrogen) atoms. The first-order chi connectivity index (χ1) is 0. The van der Waals surface area contributed by atoms with Gasteiger partial charge in [0.2, 0.25) is 0 Å². The van der Waals surface area contributed by atoms with Gasteiger partial charge in [-0.05, 0) is 0 Å². The summed E-state index contributed by atoms with van der Waals surface area (Å²) in [4.78, 5) is 0. The zero-order chi connectivity index (χ0) is 0. The summed E-state index contributed by atoms with van der Waals surface area (Å²) in [5.41, 5.74) is 0. The molecular formula is CaLiMgSi. The van der Waals surface area contributed by atoms with Crippen LogP contribution in [0.15, 0.2) is 0 Å². The first-order valence-electron chi connectivity index (χ1n) is 0. The molecule has 0 bridgehead atoms. The Morgan fingerprint density at radius 2 is 1.00 bits per heavy atom. The van der Waals surface area contributed by atoms with E-state index in [9.17, 15) is 0 Å². The third kappa shape index (κ3) is 8.85. The summed E-state index contributed by atoms with van der Waals surface area (Å²) in [6, 6.07) is 0. The monoisotopic (exact) mass is 98.9 g/mol. The molecule has 0 rings (SSSR count). The number of hydrogen-bond acceptors (Lipinski definition) is 0. The van der Waals surface area contributed by atoms with Gasteiger partial charge in [-0.3, -0.25) is 0 Å². The Hall–Kier alpha value is 2.84. The van der Waals surface area contributed by atoms with Crippen LogP contribution in [0, 0.1) is 0 Å². The average molecular weight is 99.4 g/mol. The van der Waals surface area contributed by atoms with Crippen molar-refractivity contribution < 1.29 is 0 Å². The van der Waals surface area contributed by atoms with E-state index >= 15 is 0 Å². The molecule has 0 aromatic carbocycles. The Labute approximate surface area is 88.8 Å². The van der Waals surface area contributed by atoms with Crippen LogP contribution in [-0.4, -0.2) is 90.6 Å². The molecule has 0 aliphatic carbocycles. The minimum absolute atomic E-state index is 0. The minimum Gasteiger partial charge on any atom is 0 e. The normalized spacial score (nSPS) is 0. The van der Waals surface area contributed by atoms with E-state index in [0.717, 1.165) is 0 Å². The zero-order valence-electron chi connectivity index (χ0n) is 2.91. The van der Waals surface area contributed by atoms with Crippen molar-refractivity contribution in [2.45, 2.75) is 0 Å². The topological polar surface area (TPSA) is 0 Å². The number of rotatable bonds is 0. The van der Waals surface area contributed by atoms with Crippen LogP contribution in [0.2, 0.25) is 0 Å². The smallest absolute Gasteiger partial charge is 0 e. The first kappa shape index (κ1) is 28.9. The predicted octanol–water partition coefficient (Wildman–Crippen LogP) is -1.52. The van der Waals surface area contributed by atoms with Crippen molar-refractivity contribution in [1.29, 1.82) is 0 Å². The van der Waals surface area contributed by atoms with E-state index in [1.54, 1.807) is 0 Å². The molecular weight excluding hydrogens is 99.4 g/mol. The Morgan fingerprint density at radius 1 is 1.00 bits per heavy atom. The fraction of sp³-hybridized carbons (Fsp3) is 0. The van der Waals surface area contributed by atoms with Gasteiger partial charge in [-0.1, -0.05) is 0 Å². The second kappa shape index (κ2) is 17.0. The minimum atomic E-state index is 0. The summed E-state index contributed by atoms with van der Waals surface area (Å²) in [5, 5.41) is 0. The molecule has 0 aliphatic rings. The Morgan fingerprint density at radius 3 is 1.00 bits per heavy atom. The van der Waals surface area contributed by atoms with Crippen LogP contribution >= 0.6 is 0 Å². The van der Waals surface area contributed by atoms with Crippen LogP contribution in [0.3, 0.4) is 0 Å². The van der Waals surface area contributed by atoms with Crippen LogP contribution in [0.1, 0.15) is 0 Å². The van der Waals surface area contributed by atoms with E-state index < -0.39 is 0 Å². The third-order valence-electron chi connectivity index (χ3n) is 0. The van der Waals surface area contributed by atoms with E-state index in [2.05, 4.69) is 0 Å². The van der Waals surface area contributed by atoms with Crippen molar-refractivity contribution in [1.82, 2.24) is 0 Å². The largest absolute Gasteiger partial charge is 0 e. The van der Waals surface area contributed by atoms with Gasteiger partial charge in [0.05, 0.1) is 0 Å². The molecule has 0 atom stereocenters. The van der Waals surface area contributed by atoms with E-state index in [4.69, 9.17) is 0 Å². The molecule has 0 heterocycles. The Balaban J connectivity index is 0. The van der Waals surface area contributed by atoms with Crippen molar-refractivity contribution >= 4 is 90.6 Å². The fourth-order valence-electron chi connectivity index (χ4n) is 0. The van der Waals surface area contributed by atoms with E-state index in [0.29, 0.717) is 0 Å². The SMILES string of the molecule is [Ca].[Li].[Mg].[Si]. The van der Waals surface area contributed by atoms with Gasteiger partial charge in [0.25, 0.3) is 0 Å². The zero-order valence-corrected chi connectivity index (χ0v) is 7.54. The van der Waals surface area contributed by atoms with Crippen molar-refractivity contribution in [3.05, 3.63) is 0 Å². The molecule has 0 aliphatic heterocycles. The van der Waals surface area contributed by atoms with Gasteiger partial charge in [0, 0.05) is 90.6 Å². The molecule has 0 aromatic rings. The summed E-state index contributed by atoms with van der Waals surface area (Å²) < 4.78 is 0. The van der Waals surface area contributed by atoms with Gasteiger partial charge in [-0.15, -0.1) is 0 Å². The third-order valence-corrected chi connectivity index (χ3v) is 0.